The van der Waals surface area contributed by atoms with Gasteiger partial charge in [-0.2, -0.15) is 0 Å². The summed E-state index contributed by atoms with van der Waals surface area (Å²) >= 11 is 0. The van der Waals surface area contributed by atoms with E-state index in [1.807, 2.05) is 42.5 Å². The maximum Gasteiger partial charge on any atom is 0.254 e. The Morgan fingerprint density at radius 2 is 1.91 bits per heavy atom. The molecule has 1 aliphatic rings. The number of phenols is 1. The van der Waals surface area contributed by atoms with Gasteiger partial charge in [0.05, 0.1) is 23.8 Å². The Morgan fingerprint density at radius 1 is 1.12 bits per heavy atom. The second-order valence-corrected chi connectivity index (χ2v) is 8.18. The van der Waals surface area contributed by atoms with Crippen LogP contribution in [0, 0.1) is 6.92 Å². The molecule has 166 valence electrons. The van der Waals surface area contributed by atoms with Gasteiger partial charge in [-0.3, -0.25) is 4.79 Å². The Bertz CT molecular complexity index is 1360. The Hall–Kier alpha value is -4.13. The van der Waals surface area contributed by atoms with E-state index in [2.05, 4.69) is 34.2 Å². The minimum atomic E-state index is -0.339. The molecule has 7 heteroatoms. The number of imidazole rings is 1. The standard InChI is InChI=1S/C26H24N4O3/c1-16-6-3-4-7-20(16)17-10-12-18(13-11-17)26(32)30-15-19(29-33-2)14-22(30)25-27-21-8-5-9-23(31)24(21)28-25/h3-13,22,31H,14-15H2,1-2H3,(H,27,28). The van der Waals surface area contributed by atoms with Crippen molar-refractivity contribution in [3.05, 3.63) is 83.7 Å². The van der Waals surface area contributed by atoms with Gasteiger partial charge in [-0.25, -0.2) is 4.98 Å². The van der Waals surface area contributed by atoms with Gasteiger partial charge in [0.15, 0.2) is 0 Å². The summed E-state index contributed by atoms with van der Waals surface area (Å²) in [6.45, 7) is 2.42. The first kappa shape index (κ1) is 20.8. The number of nitrogens with one attached hydrogen (secondary N) is 1. The number of carbonyl (C=O) groups is 1. The number of aromatic nitrogens is 2. The summed E-state index contributed by atoms with van der Waals surface area (Å²) < 4.78 is 0. The lowest BCUT2D eigenvalue weighted by atomic mass is 9.99. The molecule has 0 saturated carbocycles. The summed E-state index contributed by atoms with van der Waals surface area (Å²) in [5.41, 5.74) is 5.96. The summed E-state index contributed by atoms with van der Waals surface area (Å²) in [5, 5.41) is 14.3. The number of likely N-dealkylation sites (tertiary alicyclic amines) is 1. The van der Waals surface area contributed by atoms with Crippen molar-refractivity contribution in [2.24, 2.45) is 5.16 Å². The number of para-hydroxylation sites is 1. The highest BCUT2D eigenvalue weighted by Crippen LogP contribution is 2.34. The van der Waals surface area contributed by atoms with E-state index in [0.717, 1.165) is 16.8 Å². The molecule has 2 heterocycles. The third-order valence-electron chi connectivity index (χ3n) is 6.06. The maximum absolute atomic E-state index is 13.5. The smallest absolute Gasteiger partial charge is 0.254 e. The van der Waals surface area contributed by atoms with Crippen LogP contribution in [0.5, 0.6) is 5.75 Å². The molecule has 1 aliphatic heterocycles. The van der Waals surface area contributed by atoms with Crippen LogP contribution in [0.4, 0.5) is 0 Å². The van der Waals surface area contributed by atoms with E-state index in [1.165, 1.54) is 12.7 Å². The van der Waals surface area contributed by atoms with Gasteiger partial charge in [0.2, 0.25) is 0 Å². The van der Waals surface area contributed by atoms with Crippen molar-refractivity contribution < 1.29 is 14.7 Å². The molecule has 33 heavy (non-hydrogen) atoms. The van der Waals surface area contributed by atoms with Gasteiger partial charge in [-0.1, -0.05) is 47.6 Å². The fourth-order valence-corrected chi connectivity index (χ4v) is 4.41. The van der Waals surface area contributed by atoms with Crippen molar-refractivity contribution in [3.63, 3.8) is 0 Å². The molecular formula is C26H24N4O3. The molecule has 4 aromatic rings. The maximum atomic E-state index is 13.5. The van der Waals surface area contributed by atoms with E-state index in [0.29, 0.717) is 35.4 Å². The lowest BCUT2D eigenvalue weighted by Gasteiger charge is -2.22. The van der Waals surface area contributed by atoms with Crippen LogP contribution < -0.4 is 0 Å². The van der Waals surface area contributed by atoms with Crippen LogP contribution in [-0.2, 0) is 4.84 Å². The monoisotopic (exact) mass is 440 g/mol. The number of phenolic OH excluding ortho intramolecular Hbond substituents is 1. The fraction of sp³-hybridized carbons (Fsp3) is 0.192. The van der Waals surface area contributed by atoms with Crippen molar-refractivity contribution >= 4 is 22.7 Å². The number of amides is 1. The molecule has 1 atom stereocenters. The molecule has 1 unspecified atom stereocenters. The third-order valence-corrected chi connectivity index (χ3v) is 6.06. The van der Waals surface area contributed by atoms with Crippen molar-refractivity contribution in [1.29, 1.82) is 0 Å². The SMILES string of the molecule is CON=C1CC(c2nc3cccc(O)c3[nH]2)N(C(=O)c2ccc(-c3ccccc3C)cc2)C1. The van der Waals surface area contributed by atoms with Crippen LogP contribution in [0.1, 0.15) is 34.2 Å². The van der Waals surface area contributed by atoms with Crippen molar-refractivity contribution in [2.45, 2.75) is 19.4 Å². The minimum Gasteiger partial charge on any atom is -0.506 e. The molecule has 1 saturated heterocycles. The summed E-state index contributed by atoms with van der Waals surface area (Å²) in [4.78, 5) is 28.1. The summed E-state index contributed by atoms with van der Waals surface area (Å²) in [7, 11) is 1.50. The van der Waals surface area contributed by atoms with E-state index in [-0.39, 0.29) is 17.7 Å². The largest absolute Gasteiger partial charge is 0.506 e. The number of rotatable bonds is 4. The van der Waals surface area contributed by atoms with Gasteiger partial charge in [-0.05, 0) is 47.9 Å². The van der Waals surface area contributed by atoms with Crippen LogP contribution in [0.15, 0.2) is 71.9 Å². The molecule has 5 rings (SSSR count). The molecule has 2 N–H and O–H groups in total. The van der Waals surface area contributed by atoms with E-state index >= 15 is 0 Å². The number of aromatic amines is 1. The average Bonchev–Trinajstić information content (AvgIpc) is 3.44. The topological polar surface area (TPSA) is 90.8 Å². The Kier molecular flexibility index (Phi) is 5.30. The van der Waals surface area contributed by atoms with Crippen molar-refractivity contribution in [2.75, 3.05) is 13.7 Å². The van der Waals surface area contributed by atoms with Crippen LogP contribution in [0.25, 0.3) is 22.2 Å². The number of fused-ring (bicyclic) bond motifs is 1. The number of aryl methyl sites for hydroxylation is 1. The first-order valence-corrected chi connectivity index (χ1v) is 10.8. The molecule has 0 spiro atoms. The molecule has 3 aromatic carbocycles. The second kappa shape index (κ2) is 8.43. The zero-order chi connectivity index (χ0) is 22.9. The highest BCUT2D eigenvalue weighted by molar-refractivity contribution is 6.01. The first-order chi connectivity index (χ1) is 16.0. The molecule has 0 aliphatic carbocycles. The Balaban J connectivity index is 1.47. The fourth-order valence-electron chi connectivity index (χ4n) is 4.41. The van der Waals surface area contributed by atoms with Crippen molar-refractivity contribution in [3.8, 4) is 16.9 Å². The molecule has 0 radical (unpaired) electrons. The van der Waals surface area contributed by atoms with E-state index in [4.69, 9.17) is 4.84 Å². The lowest BCUT2D eigenvalue weighted by molar-refractivity contribution is 0.0734. The number of hydrogen-bond acceptors (Lipinski definition) is 5. The number of H-pyrrole nitrogens is 1. The Labute approximate surface area is 191 Å². The van der Waals surface area contributed by atoms with E-state index in [9.17, 15) is 9.90 Å². The second-order valence-electron chi connectivity index (χ2n) is 8.18. The number of hydrogen-bond donors (Lipinski definition) is 2. The Morgan fingerprint density at radius 3 is 2.64 bits per heavy atom. The van der Waals surface area contributed by atoms with Gasteiger partial charge in [0.25, 0.3) is 5.91 Å². The zero-order valence-electron chi connectivity index (χ0n) is 18.4. The predicted molar refractivity (Wildman–Crippen MR) is 127 cm³/mol. The van der Waals surface area contributed by atoms with Gasteiger partial charge in [-0.15, -0.1) is 0 Å². The number of aromatic hydroxyl groups is 1. The molecule has 1 aromatic heterocycles. The zero-order valence-corrected chi connectivity index (χ0v) is 18.4. The van der Waals surface area contributed by atoms with E-state index in [1.54, 1.807) is 17.0 Å². The molecule has 0 bridgehead atoms. The summed E-state index contributed by atoms with van der Waals surface area (Å²) in [6, 6.07) is 20.7. The third kappa shape index (κ3) is 3.82. The summed E-state index contributed by atoms with van der Waals surface area (Å²) in [5.74, 6) is 0.625. The quantitative estimate of drug-likeness (QED) is 0.445. The molecule has 1 fully saturated rings. The van der Waals surface area contributed by atoms with Crippen LogP contribution in [0.3, 0.4) is 0 Å². The van der Waals surface area contributed by atoms with Crippen LogP contribution in [-0.4, -0.2) is 45.2 Å². The van der Waals surface area contributed by atoms with Crippen LogP contribution >= 0.6 is 0 Å². The number of carbonyl (C=O) groups excluding carboxylic acids is 1. The molecule has 7 nitrogen and oxygen atoms in total. The predicted octanol–water partition coefficient (Wildman–Crippen LogP) is 4.83. The normalized spacial score (nSPS) is 17.1. The van der Waals surface area contributed by atoms with Crippen molar-refractivity contribution in [1.82, 2.24) is 14.9 Å². The number of oxime groups is 1. The lowest BCUT2D eigenvalue weighted by Crippen LogP contribution is -2.31. The summed E-state index contributed by atoms with van der Waals surface area (Å²) in [6.07, 6.45) is 0.501. The molecule has 1 amide bonds. The van der Waals surface area contributed by atoms with Gasteiger partial charge >= 0.3 is 0 Å². The highest BCUT2D eigenvalue weighted by atomic mass is 16.6. The van der Waals surface area contributed by atoms with Gasteiger partial charge in [0, 0.05) is 12.0 Å². The average molecular weight is 441 g/mol. The molecular weight excluding hydrogens is 416 g/mol. The highest BCUT2D eigenvalue weighted by Gasteiger charge is 2.37. The van der Waals surface area contributed by atoms with E-state index < -0.39 is 0 Å². The van der Waals surface area contributed by atoms with Gasteiger partial charge < -0.3 is 19.8 Å². The minimum absolute atomic E-state index is 0.109. The first-order valence-electron chi connectivity index (χ1n) is 10.8. The van der Waals surface area contributed by atoms with Gasteiger partial charge in [0.1, 0.15) is 24.2 Å². The number of nitrogens with zero attached hydrogens (tertiary/aromatic N) is 3. The number of benzene rings is 3. The van der Waals surface area contributed by atoms with Crippen LogP contribution in [0.2, 0.25) is 0 Å².